The molecule has 1 fully saturated rings. The molecule has 0 bridgehead atoms. The van der Waals surface area contributed by atoms with Crippen LogP contribution < -0.4 is 0 Å². The Morgan fingerprint density at radius 1 is 0.917 bits per heavy atom. The molecule has 1 aliphatic heterocycles. The van der Waals surface area contributed by atoms with Gasteiger partial charge < -0.3 is 0 Å². The molecule has 4 rings (SSSR count). The van der Waals surface area contributed by atoms with Crippen LogP contribution in [0.1, 0.15) is 30.4 Å². The molecule has 1 aromatic heterocycles. The van der Waals surface area contributed by atoms with E-state index < -0.39 is 0 Å². The van der Waals surface area contributed by atoms with Gasteiger partial charge in [-0.15, -0.1) is 0 Å². The smallest absolute Gasteiger partial charge is 0.0893 e. The Morgan fingerprint density at radius 3 is 2.46 bits per heavy atom. The summed E-state index contributed by atoms with van der Waals surface area (Å²) in [4.78, 5) is 11.4. The fraction of sp³-hybridized carbons (Fsp3) is 0.333. The standard InChI is InChI=1S/C21H23N3/c1-16-12-20-21(23-9-8-22-20)14-19(16)18-7-5-6-17(13-18)15-24-10-3-2-4-11-24/h5-9,12-14H,2-4,10-11,15H2,1H3. The van der Waals surface area contributed by atoms with E-state index in [0.717, 1.165) is 17.6 Å². The average molecular weight is 317 g/mol. The summed E-state index contributed by atoms with van der Waals surface area (Å²) in [6.45, 7) is 5.67. The first kappa shape index (κ1) is 15.3. The Bertz CT molecular complexity index is 851. The van der Waals surface area contributed by atoms with Crippen LogP contribution in [-0.2, 0) is 6.54 Å². The molecular formula is C21H23N3. The van der Waals surface area contributed by atoms with Gasteiger partial charge >= 0.3 is 0 Å². The van der Waals surface area contributed by atoms with E-state index in [1.807, 2.05) is 0 Å². The fourth-order valence-corrected chi connectivity index (χ4v) is 3.64. The van der Waals surface area contributed by atoms with E-state index in [2.05, 4.69) is 58.2 Å². The maximum Gasteiger partial charge on any atom is 0.0893 e. The first-order valence-corrected chi connectivity index (χ1v) is 8.83. The molecule has 122 valence electrons. The number of likely N-dealkylation sites (tertiary alicyclic amines) is 1. The van der Waals surface area contributed by atoms with E-state index in [1.54, 1.807) is 12.4 Å². The number of hydrogen-bond acceptors (Lipinski definition) is 3. The lowest BCUT2D eigenvalue weighted by Gasteiger charge is -2.26. The normalized spacial score (nSPS) is 15.7. The zero-order valence-corrected chi connectivity index (χ0v) is 14.2. The molecule has 0 saturated carbocycles. The van der Waals surface area contributed by atoms with E-state index in [9.17, 15) is 0 Å². The highest BCUT2D eigenvalue weighted by atomic mass is 15.1. The predicted octanol–water partition coefficient (Wildman–Crippen LogP) is 4.59. The summed E-state index contributed by atoms with van der Waals surface area (Å²) in [5.74, 6) is 0. The van der Waals surface area contributed by atoms with Gasteiger partial charge in [-0.25, -0.2) is 0 Å². The maximum atomic E-state index is 4.45. The van der Waals surface area contributed by atoms with Crippen LogP contribution in [0.4, 0.5) is 0 Å². The summed E-state index contributed by atoms with van der Waals surface area (Å²) in [5, 5.41) is 0. The van der Waals surface area contributed by atoms with Crippen LogP contribution in [0, 0.1) is 6.92 Å². The molecule has 2 heterocycles. The van der Waals surface area contributed by atoms with Crippen molar-refractivity contribution in [2.45, 2.75) is 32.7 Å². The molecule has 3 nitrogen and oxygen atoms in total. The SMILES string of the molecule is Cc1cc2nccnc2cc1-c1cccc(CN2CCCCC2)c1. The van der Waals surface area contributed by atoms with Crippen LogP contribution in [0.5, 0.6) is 0 Å². The topological polar surface area (TPSA) is 29.0 Å². The Kier molecular flexibility index (Phi) is 4.26. The molecule has 0 N–H and O–H groups in total. The Labute approximate surface area is 143 Å². The van der Waals surface area contributed by atoms with Crippen LogP contribution in [-0.4, -0.2) is 28.0 Å². The monoisotopic (exact) mass is 317 g/mol. The minimum atomic E-state index is 0.958. The van der Waals surface area contributed by atoms with Crippen molar-refractivity contribution >= 4 is 11.0 Å². The highest BCUT2D eigenvalue weighted by Crippen LogP contribution is 2.28. The molecule has 24 heavy (non-hydrogen) atoms. The highest BCUT2D eigenvalue weighted by molar-refractivity contribution is 5.83. The first-order valence-electron chi connectivity index (χ1n) is 8.83. The van der Waals surface area contributed by atoms with Gasteiger partial charge in [-0.05, 0) is 73.3 Å². The van der Waals surface area contributed by atoms with Crippen molar-refractivity contribution < 1.29 is 0 Å². The third-order valence-electron chi connectivity index (χ3n) is 4.91. The number of aryl methyl sites for hydroxylation is 1. The lowest BCUT2D eigenvalue weighted by Crippen LogP contribution is -2.29. The minimum Gasteiger partial charge on any atom is -0.299 e. The van der Waals surface area contributed by atoms with E-state index in [4.69, 9.17) is 0 Å². The maximum absolute atomic E-state index is 4.45. The molecule has 0 radical (unpaired) electrons. The average Bonchev–Trinajstić information content (AvgIpc) is 2.62. The number of rotatable bonds is 3. The summed E-state index contributed by atoms with van der Waals surface area (Å²) >= 11 is 0. The van der Waals surface area contributed by atoms with Crippen LogP contribution in [0.25, 0.3) is 22.2 Å². The Morgan fingerprint density at radius 2 is 1.67 bits per heavy atom. The van der Waals surface area contributed by atoms with E-state index in [0.29, 0.717) is 0 Å². The van der Waals surface area contributed by atoms with Crippen molar-refractivity contribution in [3.63, 3.8) is 0 Å². The second kappa shape index (κ2) is 6.70. The fourth-order valence-electron chi connectivity index (χ4n) is 3.64. The molecule has 3 heteroatoms. The van der Waals surface area contributed by atoms with Crippen LogP contribution >= 0.6 is 0 Å². The third-order valence-corrected chi connectivity index (χ3v) is 4.91. The van der Waals surface area contributed by atoms with Crippen molar-refractivity contribution in [3.8, 4) is 11.1 Å². The van der Waals surface area contributed by atoms with Crippen molar-refractivity contribution in [1.29, 1.82) is 0 Å². The van der Waals surface area contributed by atoms with Gasteiger partial charge in [0, 0.05) is 18.9 Å². The second-order valence-electron chi connectivity index (χ2n) is 6.75. The van der Waals surface area contributed by atoms with Crippen molar-refractivity contribution in [2.24, 2.45) is 0 Å². The Balaban J connectivity index is 1.66. The molecule has 3 aromatic rings. The van der Waals surface area contributed by atoms with Crippen LogP contribution in [0.15, 0.2) is 48.8 Å². The molecule has 0 amide bonds. The minimum absolute atomic E-state index is 0.958. The van der Waals surface area contributed by atoms with Crippen LogP contribution in [0.2, 0.25) is 0 Å². The molecule has 1 saturated heterocycles. The van der Waals surface area contributed by atoms with Crippen LogP contribution in [0.3, 0.4) is 0 Å². The van der Waals surface area contributed by atoms with Gasteiger partial charge in [0.05, 0.1) is 11.0 Å². The van der Waals surface area contributed by atoms with Crippen molar-refractivity contribution in [2.75, 3.05) is 13.1 Å². The van der Waals surface area contributed by atoms with Gasteiger partial charge in [0.1, 0.15) is 0 Å². The first-order chi connectivity index (χ1) is 11.8. The molecule has 2 aromatic carbocycles. The number of hydrogen-bond donors (Lipinski definition) is 0. The zero-order chi connectivity index (χ0) is 16.4. The number of aromatic nitrogens is 2. The molecular weight excluding hydrogens is 294 g/mol. The number of fused-ring (bicyclic) bond motifs is 1. The molecule has 0 unspecified atom stereocenters. The lowest BCUT2D eigenvalue weighted by atomic mass is 9.97. The molecule has 1 aliphatic rings. The van der Waals surface area contributed by atoms with E-state index >= 15 is 0 Å². The van der Waals surface area contributed by atoms with Crippen molar-refractivity contribution in [1.82, 2.24) is 14.9 Å². The highest BCUT2D eigenvalue weighted by Gasteiger charge is 2.11. The van der Waals surface area contributed by atoms with Gasteiger partial charge in [-0.3, -0.25) is 14.9 Å². The summed E-state index contributed by atoms with van der Waals surface area (Å²) in [5.41, 5.74) is 7.09. The predicted molar refractivity (Wildman–Crippen MR) is 98.8 cm³/mol. The summed E-state index contributed by atoms with van der Waals surface area (Å²) in [6.07, 6.45) is 7.56. The van der Waals surface area contributed by atoms with Gasteiger partial charge in [0.15, 0.2) is 0 Å². The van der Waals surface area contributed by atoms with Gasteiger partial charge in [-0.1, -0.05) is 24.6 Å². The number of nitrogens with zero attached hydrogens (tertiary/aromatic N) is 3. The molecule has 0 aliphatic carbocycles. The third kappa shape index (κ3) is 3.17. The number of benzene rings is 2. The largest absolute Gasteiger partial charge is 0.299 e. The lowest BCUT2D eigenvalue weighted by molar-refractivity contribution is 0.221. The summed E-state index contributed by atoms with van der Waals surface area (Å²) < 4.78 is 0. The zero-order valence-electron chi connectivity index (χ0n) is 14.2. The Hall–Kier alpha value is -2.26. The summed E-state index contributed by atoms with van der Waals surface area (Å²) in [7, 11) is 0. The summed E-state index contributed by atoms with van der Waals surface area (Å²) in [6, 6.07) is 13.2. The second-order valence-corrected chi connectivity index (χ2v) is 6.75. The van der Waals surface area contributed by atoms with E-state index in [1.165, 1.54) is 54.6 Å². The van der Waals surface area contributed by atoms with E-state index in [-0.39, 0.29) is 0 Å². The quantitative estimate of drug-likeness (QED) is 0.707. The number of piperidine rings is 1. The van der Waals surface area contributed by atoms with Gasteiger partial charge in [0.2, 0.25) is 0 Å². The molecule has 0 atom stereocenters. The molecule has 0 spiro atoms. The van der Waals surface area contributed by atoms with Gasteiger partial charge in [-0.2, -0.15) is 0 Å². The van der Waals surface area contributed by atoms with Gasteiger partial charge in [0.25, 0.3) is 0 Å². The van der Waals surface area contributed by atoms with Crippen molar-refractivity contribution in [3.05, 3.63) is 59.9 Å².